The second-order valence-electron chi connectivity index (χ2n) is 2.99. The lowest BCUT2D eigenvalue weighted by Gasteiger charge is -1.93. The molecule has 0 aliphatic rings. The van der Waals surface area contributed by atoms with Gasteiger partial charge in [0.1, 0.15) is 6.61 Å². The second kappa shape index (κ2) is 14.8. The zero-order valence-corrected chi connectivity index (χ0v) is 11.7. The Kier molecular flexibility index (Phi) is 16.9. The Morgan fingerprint density at radius 2 is 2.00 bits per heavy atom. The third kappa shape index (κ3) is 23.6. The van der Waals surface area contributed by atoms with Crippen LogP contribution in [0.2, 0.25) is 0 Å². The molecule has 96 valence electrons. The summed E-state index contributed by atoms with van der Waals surface area (Å²) < 4.78 is 14.1. The zero-order chi connectivity index (χ0) is 12.8. The molecule has 0 aromatic carbocycles. The monoisotopic (exact) mass is 269 g/mol. The number of thioether (sulfide) groups is 1. The summed E-state index contributed by atoms with van der Waals surface area (Å²) in [5.74, 6) is 0.992. The molecule has 0 bridgehead atoms. The fourth-order valence-electron chi connectivity index (χ4n) is 0.613. The van der Waals surface area contributed by atoms with Gasteiger partial charge in [-0.15, -0.1) is 9.42 Å². The standard InChI is InChI=1S/C5H12N2S.C4H9O3P/c1-2-3-4-8-5(6)7;1-2-3-4-7-8(5)6/h2-4H2,1H3,(H3,6,7);2-4H2,1H3/p+1. The Balaban J connectivity index is 0. The molecule has 1 unspecified atom stereocenters. The Morgan fingerprint density at radius 1 is 1.44 bits per heavy atom. The van der Waals surface area contributed by atoms with E-state index in [-0.39, 0.29) is 5.17 Å². The van der Waals surface area contributed by atoms with Crippen LogP contribution in [0.5, 0.6) is 0 Å². The van der Waals surface area contributed by atoms with Gasteiger partial charge < -0.3 is 5.73 Å². The lowest BCUT2D eigenvalue weighted by atomic mass is 10.4. The smallest absolute Gasteiger partial charge is 0.379 e. The van der Waals surface area contributed by atoms with Gasteiger partial charge >= 0.3 is 8.25 Å². The van der Waals surface area contributed by atoms with Crippen LogP contribution in [0.4, 0.5) is 0 Å². The summed E-state index contributed by atoms with van der Waals surface area (Å²) in [6, 6.07) is 0. The van der Waals surface area contributed by atoms with Crippen molar-refractivity contribution in [2.45, 2.75) is 39.5 Å². The van der Waals surface area contributed by atoms with Crippen molar-refractivity contribution in [3.05, 3.63) is 0 Å². The predicted octanol–water partition coefficient (Wildman–Crippen LogP) is 2.87. The highest BCUT2D eigenvalue weighted by Gasteiger charge is 2.08. The molecular formula is C9H22N2O3PS+. The van der Waals surface area contributed by atoms with Crippen LogP contribution in [0.3, 0.4) is 0 Å². The Labute approximate surface area is 103 Å². The fourth-order valence-corrected chi connectivity index (χ4v) is 1.55. The Hall–Kier alpha value is -0.160. The summed E-state index contributed by atoms with van der Waals surface area (Å²) in [4.78, 5) is 8.07. The molecule has 16 heavy (non-hydrogen) atoms. The number of rotatable bonds is 7. The SMILES string of the molecule is CCCCO[P+](=O)O.CCCCSC(=N)N. The molecule has 0 aliphatic carbocycles. The molecule has 0 fully saturated rings. The first-order valence-corrected chi connectivity index (χ1v) is 7.42. The molecule has 0 saturated carbocycles. The lowest BCUT2D eigenvalue weighted by Crippen LogP contribution is -2.04. The maximum atomic E-state index is 9.80. The van der Waals surface area contributed by atoms with E-state index in [4.69, 9.17) is 16.0 Å². The van der Waals surface area contributed by atoms with Crippen LogP contribution in [0, 0.1) is 5.41 Å². The maximum absolute atomic E-state index is 9.80. The van der Waals surface area contributed by atoms with Crippen LogP contribution < -0.4 is 5.73 Å². The molecule has 5 nitrogen and oxygen atoms in total. The lowest BCUT2D eigenvalue weighted by molar-refractivity contribution is 0.276. The van der Waals surface area contributed by atoms with Crippen LogP contribution in [0.25, 0.3) is 0 Å². The van der Waals surface area contributed by atoms with Crippen LogP contribution in [-0.2, 0) is 9.09 Å². The molecular weight excluding hydrogens is 247 g/mol. The number of unbranched alkanes of at least 4 members (excludes halogenated alkanes) is 2. The predicted molar refractivity (Wildman–Crippen MR) is 70.0 cm³/mol. The number of hydrogen-bond donors (Lipinski definition) is 3. The van der Waals surface area contributed by atoms with Crippen LogP contribution >= 0.6 is 20.0 Å². The van der Waals surface area contributed by atoms with E-state index >= 15 is 0 Å². The largest absolute Gasteiger partial charge is 0.694 e. The summed E-state index contributed by atoms with van der Waals surface area (Å²) in [6.07, 6.45) is 4.18. The summed E-state index contributed by atoms with van der Waals surface area (Å²) in [6.45, 7) is 4.51. The quantitative estimate of drug-likeness (QED) is 0.286. The minimum absolute atomic E-state index is 0.235. The molecule has 0 radical (unpaired) electrons. The minimum Gasteiger partial charge on any atom is -0.379 e. The van der Waals surface area contributed by atoms with E-state index in [9.17, 15) is 4.57 Å². The molecule has 0 rings (SSSR count). The van der Waals surface area contributed by atoms with Gasteiger partial charge in [-0.2, -0.15) is 0 Å². The highest BCUT2D eigenvalue weighted by Crippen LogP contribution is 2.14. The van der Waals surface area contributed by atoms with Gasteiger partial charge in [0, 0.05) is 10.3 Å². The summed E-state index contributed by atoms with van der Waals surface area (Å²) in [5, 5.41) is 7.05. The molecule has 0 heterocycles. The molecule has 4 N–H and O–H groups in total. The van der Waals surface area contributed by atoms with Crippen molar-refractivity contribution >= 4 is 25.2 Å². The van der Waals surface area contributed by atoms with E-state index in [0.29, 0.717) is 6.61 Å². The number of nitrogens with one attached hydrogen (secondary N) is 1. The first-order chi connectivity index (χ1) is 7.54. The number of nitrogens with two attached hydrogens (primary N) is 1. The van der Waals surface area contributed by atoms with E-state index in [0.717, 1.165) is 25.0 Å². The molecule has 0 aliphatic heterocycles. The zero-order valence-electron chi connectivity index (χ0n) is 9.94. The van der Waals surface area contributed by atoms with Gasteiger partial charge in [-0.3, -0.25) is 5.41 Å². The van der Waals surface area contributed by atoms with Crippen molar-refractivity contribution < 1.29 is 14.0 Å². The van der Waals surface area contributed by atoms with Crippen molar-refractivity contribution in [2.24, 2.45) is 5.73 Å². The summed E-state index contributed by atoms with van der Waals surface area (Å²) in [7, 11) is -2.36. The average molecular weight is 269 g/mol. The van der Waals surface area contributed by atoms with Crippen molar-refractivity contribution in [3.8, 4) is 0 Å². The summed E-state index contributed by atoms with van der Waals surface area (Å²) >= 11 is 1.42. The van der Waals surface area contributed by atoms with E-state index in [2.05, 4.69) is 11.4 Å². The third-order valence-electron chi connectivity index (χ3n) is 1.46. The van der Waals surface area contributed by atoms with Crippen LogP contribution in [0.1, 0.15) is 39.5 Å². The van der Waals surface area contributed by atoms with Crippen LogP contribution in [0.15, 0.2) is 0 Å². The van der Waals surface area contributed by atoms with E-state index < -0.39 is 8.25 Å². The molecule has 1 atom stereocenters. The highest BCUT2D eigenvalue weighted by molar-refractivity contribution is 8.13. The first kappa shape index (κ1) is 18.2. The molecule has 0 amide bonds. The summed E-state index contributed by atoms with van der Waals surface area (Å²) in [5.41, 5.74) is 5.08. The Bertz CT molecular complexity index is 174. The van der Waals surface area contributed by atoms with Crippen LogP contribution in [-0.4, -0.2) is 22.4 Å². The van der Waals surface area contributed by atoms with Crippen molar-refractivity contribution in [3.63, 3.8) is 0 Å². The molecule has 0 saturated heterocycles. The highest BCUT2D eigenvalue weighted by atomic mass is 32.2. The molecule has 7 heteroatoms. The number of hydrogen-bond acceptors (Lipinski definition) is 4. The van der Waals surface area contributed by atoms with Gasteiger partial charge in [-0.05, 0) is 12.8 Å². The van der Waals surface area contributed by atoms with Gasteiger partial charge in [-0.25, -0.2) is 0 Å². The average Bonchev–Trinajstić information content (AvgIpc) is 2.18. The van der Waals surface area contributed by atoms with E-state index in [1.807, 2.05) is 6.92 Å². The van der Waals surface area contributed by atoms with Crippen molar-refractivity contribution in [1.29, 1.82) is 5.41 Å². The second-order valence-corrected chi connectivity index (χ2v) is 4.86. The fraction of sp³-hybridized carbons (Fsp3) is 0.889. The van der Waals surface area contributed by atoms with Gasteiger partial charge in [-0.1, -0.05) is 38.5 Å². The molecule has 0 spiro atoms. The van der Waals surface area contributed by atoms with Gasteiger partial charge in [0.25, 0.3) is 0 Å². The van der Waals surface area contributed by atoms with Crippen molar-refractivity contribution in [1.82, 2.24) is 0 Å². The van der Waals surface area contributed by atoms with Gasteiger partial charge in [0.2, 0.25) is 0 Å². The van der Waals surface area contributed by atoms with Crippen molar-refractivity contribution in [2.75, 3.05) is 12.4 Å². The minimum atomic E-state index is -2.36. The normalized spacial score (nSPS) is 10.3. The third-order valence-corrected chi connectivity index (χ3v) is 2.66. The Morgan fingerprint density at radius 3 is 2.38 bits per heavy atom. The van der Waals surface area contributed by atoms with E-state index in [1.165, 1.54) is 18.2 Å². The van der Waals surface area contributed by atoms with Gasteiger partial charge in [0.05, 0.1) is 0 Å². The molecule has 0 aromatic heterocycles. The van der Waals surface area contributed by atoms with E-state index in [1.54, 1.807) is 0 Å². The maximum Gasteiger partial charge on any atom is 0.694 e. The topological polar surface area (TPSA) is 96.4 Å². The molecule has 0 aromatic rings. The van der Waals surface area contributed by atoms with Gasteiger partial charge in [0.15, 0.2) is 5.17 Å². The first-order valence-electron chi connectivity index (χ1n) is 5.30. The number of amidine groups is 1.